The van der Waals surface area contributed by atoms with Gasteiger partial charge in [0.05, 0.1) is 12.0 Å². The smallest absolute Gasteiger partial charge is 0.232 e. The van der Waals surface area contributed by atoms with Gasteiger partial charge in [0.2, 0.25) is 11.9 Å². The predicted molar refractivity (Wildman–Crippen MR) is 130 cm³/mol. The molecule has 0 aromatic carbocycles. The van der Waals surface area contributed by atoms with Crippen LogP contribution in [0.5, 0.6) is 0 Å². The van der Waals surface area contributed by atoms with Crippen molar-refractivity contribution in [3.8, 4) is 0 Å². The number of anilines is 1. The van der Waals surface area contributed by atoms with E-state index in [2.05, 4.69) is 29.1 Å². The highest BCUT2D eigenvalue weighted by atomic mass is 35.5. The Morgan fingerprint density at radius 2 is 1.94 bits per heavy atom. The zero-order chi connectivity index (χ0) is 24.9. The van der Waals surface area contributed by atoms with Crippen LogP contribution in [0.25, 0.3) is 11.0 Å². The Morgan fingerprint density at radius 3 is 2.62 bits per heavy atom. The molecule has 1 aliphatic heterocycles. The molecule has 0 bridgehead atoms. The molecule has 0 aliphatic carbocycles. The third kappa shape index (κ3) is 6.24. The number of rotatable bonds is 11. The minimum absolute atomic E-state index is 0.0565. The van der Waals surface area contributed by atoms with Crippen LogP contribution < -0.4 is 5.32 Å². The highest BCUT2D eigenvalue weighted by molar-refractivity contribution is 6.34. The summed E-state index contributed by atoms with van der Waals surface area (Å²) in [5.41, 5.74) is -0.267. The van der Waals surface area contributed by atoms with Crippen molar-refractivity contribution in [3.63, 3.8) is 0 Å². The number of hydrogen-bond donors (Lipinski definition) is 1. The largest absolute Gasteiger partial charge is 0.379 e. The molecule has 3 rings (SSSR count). The van der Waals surface area contributed by atoms with Gasteiger partial charge in [-0.05, 0) is 18.9 Å². The summed E-state index contributed by atoms with van der Waals surface area (Å²) in [6.45, 7) is 10.8. The lowest BCUT2D eigenvalue weighted by Crippen LogP contribution is -2.35. The third-order valence-electron chi connectivity index (χ3n) is 5.71. The summed E-state index contributed by atoms with van der Waals surface area (Å²) in [5.74, 6) is -0.198. The highest BCUT2D eigenvalue weighted by Crippen LogP contribution is 2.37. The molecule has 1 unspecified atom stereocenters. The molecule has 10 heteroatoms. The number of carbonyl (C=O) groups is 1. The maximum atomic E-state index is 15.7. The molecule has 3 heterocycles. The summed E-state index contributed by atoms with van der Waals surface area (Å²) in [4.78, 5) is 21.1. The molecular formula is C24H36ClFN4O4. The van der Waals surface area contributed by atoms with Gasteiger partial charge >= 0.3 is 0 Å². The van der Waals surface area contributed by atoms with Gasteiger partial charge < -0.3 is 18.8 Å². The lowest BCUT2D eigenvalue weighted by atomic mass is 9.96. The van der Waals surface area contributed by atoms with E-state index in [0.29, 0.717) is 24.2 Å². The molecule has 2 aromatic rings. The SMILES string of the molecule is CCCCOC[C@H]1O[C@@H](n2ccc3c(Cl)nc(NC(=O)C(C)(C)C)nc32)[C@@H](F)C1OCCCC. The van der Waals surface area contributed by atoms with Gasteiger partial charge in [-0.2, -0.15) is 9.97 Å². The molecule has 0 radical (unpaired) electrons. The molecule has 1 amide bonds. The van der Waals surface area contributed by atoms with Gasteiger partial charge in [-0.3, -0.25) is 10.1 Å². The van der Waals surface area contributed by atoms with Crippen molar-refractivity contribution in [2.45, 2.75) is 84.9 Å². The van der Waals surface area contributed by atoms with Crippen molar-refractivity contribution < 1.29 is 23.4 Å². The normalized spacial score (nSPS) is 23.0. The van der Waals surface area contributed by atoms with Crippen LogP contribution in [0.15, 0.2) is 12.3 Å². The minimum Gasteiger partial charge on any atom is -0.379 e. The van der Waals surface area contributed by atoms with Crippen LogP contribution in [0, 0.1) is 5.41 Å². The quantitative estimate of drug-likeness (QED) is 0.334. The van der Waals surface area contributed by atoms with Crippen molar-refractivity contribution >= 4 is 34.5 Å². The van der Waals surface area contributed by atoms with Gasteiger partial charge in [-0.1, -0.05) is 59.1 Å². The minimum atomic E-state index is -1.44. The summed E-state index contributed by atoms with van der Waals surface area (Å²) in [7, 11) is 0. The number of alkyl halides is 1. The van der Waals surface area contributed by atoms with Gasteiger partial charge in [-0.15, -0.1) is 0 Å². The number of halogens is 2. The van der Waals surface area contributed by atoms with E-state index in [9.17, 15) is 4.79 Å². The number of unbranched alkanes of at least 4 members (excludes halogenated alkanes) is 2. The first-order chi connectivity index (χ1) is 16.2. The Kier molecular flexibility index (Phi) is 9.26. The third-order valence-corrected chi connectivity index (χ3v) is 5.99. The van der Waals surface area contributed by atoms with Gasteiger partial charge in [0, 0.05) is 24.8 Å². The van der Waals surface area contributed by atoms with Gasteiger partial charge in [0.25, 0.3) is 0 Å². The van der Waals surface area contributed by atoms with E-state index < -0.39 is 30.0 Å². The average Bonchev–Trinajstić information content (AvgIpc) is 3.32. The molecular weight excluding hydrogens is 463 g/mol. The number of fused-ring (bicyclic) bond motifs is 1. The molecule has 34 heavy (non-hydrogen) atoms. The van der Waals surface area contributed by atoms with E-state index in [0.717, 1.165) is 25.7 Å². The van der Waals surface area contributed by atoms with Crippen molar-refractivity contribution in [1.82, 2.24) is 14.5 Å². The Hall–Kier alpha value is -1.81. The second kappa shape index (κ2) is 11.7. The predicted octanol–water partition coefficient (Wildman–Crippen LogP) is 5.31. The van der Waals surface area contributed by atoms with E-state index in [1.807, 2.05) is 0 Å². The van der Waals surface area contributed by atoms with Gasteiger partial charge in [0.1, 0.15) is 23.0 Å². The van der Waals surface area contributed by atoms with Gasteiger partial charge in [-0.25, -0.2) is 4.39 Å². The zero-order valence-electron chi connectivity index (χ0n) is 20.6. The molecule has 4 atom stereocenters. The first kappa shape index (κ1) is 26.8. The number of aromatic nitrogens is 3. The monoisotopic (exact) mass is 498 g/mol. The molecule has 190 valence electrons. The Morgan fingerprint density at radius 1 is 1.24 bits per heavy atom. The Balaban J connectivity index is 1.86. The standard InChI is InChI=1S/C24H36ClFN4O4/c1-6-8-12-32-14-16-18(33-13-9-7-2)17(26)21(34-16)30-11-10-15-19(25)27-23(28-20(15)30)29-22(31)24(3,4)5/h10-11,16-18,21H,6-9,12-14H2,1-5H3,(H,27,28,29,31)/t16-,17+,18?,21-/m1/s1. The molecule has 1 N–H and O–H groups in total. The van der Waals surface area contributed by atoms with Crippen LogP contribution in [0.3, 0.4) is 0 Å². The van der Waals surface area contributed by atoms with Crippen LogP contribution in [0.2, 0.25) is 5.15 Å². The number of amides is 1. The molecule has 0 saturated carbocycles. The summed E-state index contributed by atoms with van der Waals surface area (Å²) in [5, 5.41) is 3.39. The van der Waals surface area contributed by atoms with E-state index in [-0.39, 0.29) is 23.6 Å². The second-order valence-corrected chi connectivity index (χ2v) is 9.99. The first-order valence-electron chi connectivity index (χ1n) is 12.0. The van der Waals surface area contributed by atoms with Crippen molar-refractivity contribution in [2.24, 2.45) is 5.41 Å². The maximum Gasteiger partial charge on any atom is 0.232 e. The van der Waals surface area contributed by atoms with Gasteiger partial charge in [0.15, 0.2) is 12.4 Å². The maximum absolute atomic E-state index is 15.7. The number of nitrogens with zero attached hydrogens (tertiary/aromatic N) is 3. The lowest BCUT2D eigenvalue weighted by Gasteiger charge is -2.19. The molecule has 1 aliphatic rings. The number of carbonyl (C=O) groups excluding carboxylic acids is 1. The zero-order valence-corrected chi connectivity index (χ0v) is 21.4. The summed E-state index contributed by atoms with van der Waals surface area (Å²) in [6, 6.07) is 1.71. The van der Waals surface area contributed by atoms with Crippen LogP contribution in [0.4, 0.5) is 10.3 Å². The average molecular weight is 499 g/mol. The van der Waals surface area contributed by atoms with Crippen LogP contribution in [0.1, 0.15) is 66.5 Å². The molecule has 8 nitrogen and oxygen atoms in total. The number of nitrogens with one attached hydrogen (secondary N) is 1. The van der Waals surface area contributed by atoms with E-state index in [4.69, 9.17) is 25.8 Å². The van der Waals surface area contributed by atoms with Crippen molar-refractivity contribution in [2.75, 3.05) is 25.1 Å². The fraction of sp³-hybridized carbons (Fsp3) is 0.708. The van der Waals surface area contributed by atoms with Crippen LogP contribution in [-0.2, 0) is 19.0 Å². The lowest BCUT2D eigenvalue weighted by molar-refractivity contribution is -0.123. The van der Waals surface area contributed by atoms with E-state index in [1.165, 1.54) is 0 Å². The summed E-state index contributed by atoms with van der Waals surface area (Å²) >= 11 is 6.36. The molecule has 2 aromatic heterocycles. The number of ether oxygens (including phenoxy) is 3. The summed E-state index contributed by atoms with van der Waals surface area (Å²) in [6.07, 6.45) is 1.68. The molecule has 1 saturated heterocycles. The molecule has 0 spiro atoms. The van der Waals surface area contributed by atoms with Crippen molar-refractivity contribution in [3.05, 3.63) is 17.4 Å². The Labute approximate surface area is 205 Å². The van der Waals surface area contributed by atoms with E-state index in [1.54, 1.807) is 37.6 Å². The topological polar surface area (TPSA) is 87.5 Å². The van der Waals surface area contributed by atoms with Crippen LogP contribution >= 0.6 is 11.6 Å². The van der Waals surface area contributed by atoms with E-state index >= 15 is 4.39 Å². The van der Waals surface area contributed by atoms with Crippen LogP contribution in [-0.4, -0.2) is 58.6 Å². The fourth-order valence-electron chi connectivity index (χ4n) is 3.61. The van der Waals surface area contributed by atoms with Crippen molar-refractivity contribution in [1.29, 1.82) is 0 Å². The fourth-order valence-corrected chi connectivity index (χ4v) is 3.84. The summed E-state index contributed by atoms with van der Waals surface area (Å²) < 4.78 is 35.0. The molecule has 1 fully saturated rings. The first-order valence-corrected chi connectivity index (χ1v) is 12.4. The highest BCUT2D eigenvalue weighted by Gasteiger charge is 2.47. The second-order valence-electron chi connectivity index (χ2n) is 9.63. The Bertz CT molecular complexity index is 964. The number of hydrogen-bond acceptors (Lipinski definition) is 6.